The lowest BCUT2D eigenvalue weighted by Gasteiger charge is -2.37. The Hall–Kier alpha value is -1.48. The van der Waals surface area contributed by atoms with Crippen molar-refractivity contribution in [2.24, 2.45) is 11.3 Å². The summed E-state index contributed by atoms with van der Waals surface area (Å²) < 4.78 is 42.4. The standard InChI is InChI=1S/C20H27NO6S/c1-19(2,3)12-26-28(23,24)15-6-7-17-16(11-15)20(18(22)21-17)25-9-8-14(27-20)10-13-4-5-13/h6-7,11,13-14H,4-5,8-10,12H2,1-3H3,(H,21,22)/t14?,20-/m1/s1. The summed E-state index contributed by atoms with van der Waals surface area (Å²) in [5.74, 6) is -1.34. The Morgan fingerprint density at radius 1 is 1.25 bits per heavy atom. The molecule has 1 unspecified atom stereocenters. The molecule has 28 heavy (non-hydrogen) atoms. The number of fused-ring (bicyclic) bond motifs is 2. The van der Waals surface area contributed by atoms with E-state index in [1.807, 2.05) is 20.8 Å². The number of rotatable bonds is 5. The summed E-state index contributed by atoms with van der Waals surface area (Å²) >= 11 is 0. The van der Waals surface area contributed by atoms with Gasteiger partial charge in [-0.3, -0.25) is 8.98 Å². The van der Waals surface area contributed by atoms with Gasteiger partial charge in [-0.05, 0) is 42.4 Å². The maximum absolute atomic E-state index is 12.7. The summed E-state index contributed by atoms with van der Waals surface area (Å²) in [5, 5.41) is 2.76. The minimum atomic E-state index is -3.96. The number of ether oxygens (including phenoxy) is 2. The zero-order chi connectivity index (χ0) is 20.2. The van der Waals surface area contributed by atoms with E-state index in [0.717, 1.165) is 12.8 Å². The van der Waals surface area contributed by atoms with Gasteiger partial charge in [-0.25, -0.2) is 0 Å². The highest BCUT2D eigenvalue weighted by Gasteiger charge is 2.53. The van der Waals surface area contributed by atoms with Gasteiger partial charge in [0, 0.05) is 5.56 Å². The maximum Gasteiger partial charge on any atom is 0.297 e. The number of hydrogen-bond acceptors (Lipinski definition) is 6. The summed E-state index contributed by atoms with van der Waals surface area (Å²) in [6.07, 6.45) is 3.96. The van der Waals surface area contributed by atoms with Crippen LogP contribution in [-0.2, 0) is 34.4 Å². The smallest absolute Gasteiger partial charge is 0.297 e. The molecular formula is C20H27NO6S. The molecule has 1 saturated heterocycles. The molecule has 1 saturated carbocycles. The fourth-order valence-electron chi connectivity index (χ4n) is 3.52. The predicted octanol–water partition coefficient (Wildman–Crippen LogP) is 3.15. The Morgan fingerprint density at radius 2 is 2.00 bits per heavy atom. The first-order chi connectivity index (χ1) is 13.1. The second-order valence-corrected chi connectivity index (χ2v) is 10.7. The van der Waals surface area contributed by atoms with Gasteiger partial charge in [0.1, 0.15) is 0 Å². The number of benzene rings is 1. The molecule has 2 heterocycles. The van der Waals surface area contributed by atoms with Gasteiger partial charge in [-0.2, -0.15) is 8.42 Å². The van der Waals surface area contributed by atoms with E-state index in [0.29, 0.717) is 23.8 Å². The average molecular weight is 410 g/mol. The van der Waals surface area contributed by atoms with Gasteiger partial charge >= 0.3 is 0 Å². The summed E-state index contributed by atoms with van der Waals surface area (Å²) in [5.41, 5.74) is 0.610. The Kier molecular flexibility index (Phi) is 4.81. The van der Waals surface area contributed by atoms with Gasteiger partial charge in [0.15, 0.2) is 0 Å². The summed E-state index contributed by atoms with van der Waals surface area (Å²) in [4.78, 5) is 12.7. The lowest BCUT2D eigenvalue weighted by Crippen LogP contribution is -2.47. The van der Waals surface area contributed by atoms with Crippen LogP contribution in [0.2, 0.25) is 0 Å². The van der Waals surface area contributed by atoms with Crippen molar-refractivity contribution in [2.45, 2.75) is 63.2 Å². The molecule has 1 aromatic rings. The van der Waals surface area contributed by atoms with Crippen molar-refractivity contribution in [1.29, 1.82) is 0 Å². The van der Waals surface area contributed by atoms with E-state index >= 15 is 0 Å². The van der Waals surface area contributed by atoms with Crippen molar-refractivity contribution in [1.82, 2.24) is 0 Å². The molecule has 154 valence electrons. The molecule has 2 aliphatic heterocycles. The molecule has 2 fully saturated rings. The number of carbonyl (C=O) groups is 1. The molecule has 8 heteroatoms. The molecule has 7 nitrogen and oxygen atoms in total. The zero-order valence-electron chi connectivity index (χ0n) is 16.5. The quantitative estimate of drug-likeness (QED) is 0.752. The van der Waals surface area contributed by atoms with Gasteiger partial charge in [-0.1, -0.05) is 33.6 Å². The van der Waals surface area contributed by atoms with E-state index in [2.05, 4.69) is 5.32 Å². The van der Waals surface area contributed by atoms with E-state index in [4.69, 9.17) is 13.7 Å². The van der Waals surface area contributed by atoms with E-state index < -0.39 is 21.8 Å². The van der Waals surface area contributed by atoms with Crippen LogP contribution in [-0.4, -0.2) is 33.6 Å². The van der Waals surface area contributed by atoms with Crippen molar-refractivity contribution in [2.75, 3.05) is 18.5 Å². The van der Waals surface area contributed by atoms with Crippen molar-refractivity contribution in [3.63, 3.8) is 0 Å². The molecule has 1 aliphatic carbocycles. The first-order valence-corrected chi connectivity index (χ1v) is 11.2. The number of carbonyl (C=O) groups excluding carboxylic acids is 1. The Morgan fingerprint density at radius 3 is 2.68 bits per heavy atom. The fourth-order valence-corrected chi connectivity index (χ4v) is 4.66. The molecule has 1 amide bonds. The van der Waals surface area contributed by atoms with Crippen molar-refractivity contribution in [3.8, 4) is 0 Å². The van der Waals surface area contributed by atoms with Crippen LogP contribution in [0.1, 0.15) is 52.0 Å². The van der Waals surface area contributed by atoms with Gasteiger partial charge in [0.2, 0.25) is 0 Å². The second kappa shape index (κ2) is 6.79. The van der Waals surface area contributed by atoms with Crippen LogP contribution in [0.25, 0.3) is 0 Å². The van der Waals surface area contributed by atoms with Crippen molar-refractivity contribution >= 4 is 21.7 Å². The largest absolute Gasteiger partial charge is 0.338 e. The molecule has 1 N–H and O–H groups in total. The third-order valence-corrected chi connectivity index (χ3v) is 6.46. The number of nitrogens with one attached hydrogen (secondary N) is 1. The molecule has 2 atom stereocenters. The minimum Gasteiger partial charge on any atom is -0.338 e. The third kappa shape index (κ3) is 3.83. The maximum atomic E-state index is 12.7. The molecule has 0 bridgehead atoms. The number of amides is 1. The molecule has 1 spiro atoms. The first-order valence-electron chi connectivity index (χ1n) is 9.76. The van der Waals surface area contributed by atoms with E-state index in [-0.39, 0.29) is 23.0 Å². The monoisotopic (exact) mass is 409 g/mol. The highest BCUT2D eigenvalue weighted by Crippen LogP contribution is 2.46. The fraction of sp³-hybridized carbons (Fsp3) is 0.650. The second-order valence-electron chi connectivity index (χ2n) is 9.11. The lowest BCUT2D eigenvalue weighted by molar-refractivity contribution is -0.281. The molecule has 3 aliphatic rings. The van der Waals surface area contributed by atoms with E-state index in [1.54, 1.807) is 6.07 Å². The Labute approximate surface area is 165 Å². The minimum absolute atomic E-state index is 0.0112. The predicted molar refractivity (Wildman–Crippen MR) is 102 cm³/mol. The molecule has 1 aromatic carbocycles. The van der Waals surface area contributed by atoms with Gasteiger partial charge in [0.25, 0.3) is 21.8 Å². The first kappa shape index (κ1) is 19.8. The topological polar surface area (TPSA) is 90.9 Å². The van der Waals surface area contributed by atoms with Crippen LogP contribution in [0.5, 0.6) is 0 Å². The van der Waals surface area contributed by atoms with Crippen LogP contribution >= 0.6 is 0 Å². The summed E-state index contributed by atoms with van der Waals surface area (Å²) in [6, 6.07) is 4.43. The van der Waals surface area contributed by atoms with Crippen LogP contribution < -0.4 is 5.32 Å². The van der Waals surface area contributed by atoms with Gasteiger partial charge in [-0.15, -0.1) is 0 Å². The Balaban J connectivity index is 1.63. The van der Waals surface area contributed by atoms with Crippen molar-refractivity contribution < 1.29 is 26.9 Å². The average Bonchev–Trinajstić information content (AvgIpc) is 3.39. The number of hydrogen-bond donors (Lipinski definition) is 1. The zero-order valence-corrected chi connectivity index (χ0v) is 17.3. The van der Waals surface area contributed by atoms with Crippen LogP contribution in [0, 0.1) is 11.3 Å². The Bertz CT molecular complexity index is 886. The van der Waals surface area contributed by atoms with Gasteiger partial charge in [0.05, 0.1) is 29.9 Å². The van der Waals surface area contributed by atoms with E-state index in [9.17, 15) is 13.2 Å². The molecule has 4 rings (SSSR count). The molecule has 0 radical (unpaired) electrons. The highest BCUT2D eigenvalue weighted by molar-refractivity contribution is 7.86. The molecule has 0 aromatic heterocycles. The number of anilines is 1. The normalized spacial score (nSPS) is 27.7. The van der Waals surface area contributed by atoms with Crippen LogP contribution in [0.15, 0.2) is 23.1 Å². The summed E-state index contributed by atoms with van der Waals surface area (Å²) in [6.45, 7) is 6.14. The van der Waals surface area contributed by atoms with Crippen LogP contribution in [0.4, 0.5) is 5.69 Å². The lowest BCUT2D eigenvalue weighted by atomic mass is 9.99. The third-order valence-electron chi connectivity index (χ3n) is 5.20. The summed E-state index contributed by atoms with van der Waals surface area (Å²) in [7, 11) is -3.96. The van der Waals surface area contributed by atoms with Gasteiger partial charge < -0.3 is 14.8 Å². The van der Waals surface area contributed by atoms with Crippen LogP contribution in [0.3, 0.4) is 0 Å². The molecular weight excluding hydrogens is 382 g/mol. The SMILES string of the molecule is CC(C)(C)COS(=O)(=O)c1ccc2c(c1)[C@]1(OCCC(CC3CC3)O1)C(=O)N2. The highest BCUT2D eigenvalue weighted by atomic mass is 32.2. The van der Waals surface area contributed by atoms with Crippen molar-refractivity contribution in [3.05, 3.63) is 23.8 Å². The van der Waals surface area contributed by atoms with E-state index in [1.165, 1.54) is 25.0 Å².